The molecule has 0 aromatic rings. The van der Waals surface area contributed by atoms with Gasteiger partial charge < -0.3 is 58.0 Å². The molecule has 16 atom stereocenters. The van der Waals surface area contributed by atoms with Crippen LogP contribution in [0.4, 0.5) is 0 Å². The van der Waals surface area contributed by atoms with Crippen LogP contribution in [0, 0.1) is 34.0 Å². The van der Waals surface area contributed by atoms with Crippen molar-refractivity contribution in [2.75, 3.05) is 34.0 Å². The molecule has 0 aromatic heterocycles. The van der Waals surface area contributed by atoms with Crippen LogP contribution >= 0.6 is 0 Å². The van der Waals surface area contributed by atoms with Crippen LogP contribution in [-0.2, 0) is 66.6 Å². The van der Waals surface area contributed by atoms with Crippen molar-refractivity contribution in [2.24, 2.45) is 34.0 Å². The van der Waals surface area contributed by atoms with Gasteiger partial charge in [-0.1, -0.05) is 6.92 Å². The summed E-state index contributed by atoms with van der Waals surface area (Å²) in [6.07, 6.45) is -7.64. The molecule has 8 fully saturated rings. The molecule has 5 saturated heterocycles. The molecule has 2 bridgehead atoms. The maximum Gasteiger partial charge on any atom is 0.374 e. The van der Waals surface area contributed by atoms with Crippen LogP contribution in [0.25, 0.3) is 0 Å². The summed E-state index contributed by atoms with van der Waals surface area (Å²) < 4.78 is 53.4. The van der Waals surface area contributed by atoms with Crippen LogP contribution in [0.5, 0.6) is 0 Å². The quantitative estimate of drug-likeness (QED) is 0.121. The molecule has 17 heteroatoms. The third-order valence-electron chi connectivity index (χ3n) is 14.0. The highest BCUT2D eigenvalue weighted by molar-refractivity contribution is 6.32. The number of methoxy groups -OCH3 is 2. The average molecular weight is 711 g/mol. The molecule has 0 aromatic carbocycles. The third kappa shape index (κ3) is 3.49. The summed E-state index contributed by atoms with van der Waals surface area (Å²) in [5.41, 5.74) is -9.78. The maximum absolute atomic E-state index is 14.1. The van der Waals surface area contributed by atoms with Crippen LogP contribution in [-0.4, -0.2) is 138 Å². The summed E-state index contributed by atoms with van der Waals surface area (Å²) in [6.45, 7) is 4.70. The van der Waals surface area contributed by atoms with Gasteiger partial charge in [-0.25, -0.2) is 9.59 Å². The Labute approximate surface area is 286 Å². The van der Waals surface area contributed by atoms with Crippen LogP contribution < -0.4 is 0 Å². The minimum absolute atomic E-state index is 0.245. The van der Waals surface area contributed by atoms with Crippen LogP contribution in [0.2, 0.25) is 0 Å². The fraction of sp³-hybridized carbons (Fsp3) is 0.848. The number of ether oxygens (including phenoxy) is 9. The van der Waals surface area contributed by atoms with Crippen molar-refractivity contribution in [1.82, 2.24) is 0 Å². The Kier molecular flexibility index (Phi) is 7.01. The van der Waals surface area contributed by atoms with E-state index in [4.69, 9.17) is 42.6 Å². The molecule has 3 N–H and O–H groups in total. The summed E-state index contributed by atoms with van der Waals surface area (Å²) in [5, 5.41) is 37.3. The van der Waals surface area contributed by atoms with Crippen molar-refractivity contribution >= 4 is 29.7 Å². The highest BCUT2D eigenvalue weighted by atomic mass is 16.7. The molecular weight excluding hydrogens is 668 g/mol. The number of ketones is 1. The molecule has 50 heavy (non-hydrogen) atoms. The number of carbonyl (C=O) groups is 5. The maximum atomic E-state index is 14.1. The molecule has 5 heterocycles. The average Bonchev–Trinajstić information content (AvgIpc) is 3.44. The molecule has 0 radical (unpaired) electrons. The zero-order chi connectivity index (χ0) is 36.2. The molecule has 17 nitrogen and oxygen atoms in total. The molecule has 0 amide bonds. The third-order valence-corrected chi connectivity index (χ3v) is 14.0. The van der Waals surface area contributed by atoms with Gasteiger partial charge in [0.05, 0.1) is 52.4 Å². The second kappa shape index (κ2) is 10.2. The van der Waals surface area contributed by atoms with Gasteiger partial charge in [0.15, 0.2) is 6.29 Å². The molecule has 1 spiro atoms. The molecule has 3 saturated carbocycles. The number of carbonyl (C=O) groups excluding carboxylic acids is 5. The number of Topliss-reactive ketones (excluding diaryl/α,β-unsaturated/α-hetero) is 1. The molecule has 16 unspecified atom stereocenters. The van der Waals surface area contributed by atoms with Gasteiger partial charge in [-0.2, -0.15) is 0 Å². The molecule has 8 rings (SSSR count). The van der Waals surface area contributed by atoms with Crippen LogP contribution in [0.3, 0.4) is 0 Å². The van der Waals surface area contributed by atoms with Gasteiger partial charge in [-0.15, -0.1) is 0 Å². The predicted molar refractivity (Wildman–Crippen MR) is 156 cm³/mol. The Balaban J connectivity index is 1.40. The van der Waals surface area contributed by atoms with E-state index in [2.05, 4.69) is 0 Å². The lowest BCUT2D eigenvalue weighted by Gasteiger charge is -2.65. The van der Waals surface area contributed by atoms with E-state index in [9.17, 15) is 39.3 Å². The van der Waals surface area contributed by atoms with Gasteiger partial charge in [-0.3, -0.25) is 14.4 Å². The lowest BCUT2D eigenvalue weighted by atomic mass is 9.37. The lowest BCUT2D eigenvalue weighted by Crippen LogP contribution is -2.79. The molecule has 5 aliphatic heterocycles. The number of epoxide rings is 1. The van der Waals surface area contributed by atoms with E-state index < -0.39 is 143 Å². The fourth-order valence-electron chi connectivity index (χ4n) is 12.4. The predicted octanol–water partition coefficient (Wildman–Crippen LogP) is -1.70. The van der Waals surface area contributed by atoms with E-state index >= 15 is 0 Å². The van der Waals surface area contributed by atoms with Gasteiger partial charge in [0, 0.05) is 55.3 Å². The second-order valence-electron chi connectivity index (χ2n) is 15.6. The summed E-state index contributed by atoms with van der Waals surface area (Å²) in [5.74, 6) is -11.6. The highest BCUT2D eigenvalue weighted by Crippen LogP contribution is 2.83. The number of hydrogen-bond donors (Lipinski definition) is 3. The van der Waals surface area contributed by atoms with Gasteiger partial charge in [0.25, 0.3) is 5.79 Å². The number of aliphatic hydroxyl groups excluding tert-OH is 1. The Hall–Kier alpha value is -2.77. The summed E-state index contributed by atoms with van der Waals surface area (Å²) in [6, 6.07) is 0. The fourth-order valence-corrected chi connectivity index (χ4v) is 12.4. The second-order valence-corrected chi connectivity index (χ2v) is 15.6. The molecular formula is C33H42O17. The van der Waals surface area contributed by atoms with Crippen LogP contribution in [0.1, 0.15) is 47.0 Å². The van der Waals surface area contributed by atoms with E-state index in [1.165, 1.54) is 0 Å². The number of rotatable bonds is 6. The number of esters is 4. The smallest absolute Gasteiger partial charge is 0.374 e. The zero-order valence-corrected chi connectivity index (χ0v) is 28.5. The molecule has 3 aliphatic carbocycles. The van der Waals surface area contributed by atoms with Gasteiger partial charge >= 0.3 is 23.9 Å². The largest absolute Gasteiger partial charge is 0.468 e. The van der Waals surface area contributed by atoms with Crippen molar-refractivity contribution in [3.8, 4) is 0 Å². The van der Waals surface area contributed by atoms with Crippen molar-refractivity contribution in [1.29, 1.82) is 0 Å². The van der Waals surface area contributed by atoms with E-state index in [0.717, 1.165) is 28.1 Å². The van der Waals surface area contributed by atoms with Gasteiger partial charge in [0.2, 0.25) is 5.78 Å². The highest BCUT2D eigenvalue weighted by Gasteiger charge is 2.97. The summed E-state index contributed by atoms with van der Waals surface area (Å²) >= 11 is 0. The molecule has 8 aliphatic rings. The van der Waals surface area contributed by atoms with Crippen molar-refractivity contribution < 1.29 is 81.9 Å². The van der Waals surface area contributed by atoms with Gasteiger partial charge in [0.1, 0.15) is 34.4 Å². The van der Waals surface area contributed by atoms with Crippen molar-refractivity contribution in [3.05, 3.63) is 0 Å². The first-order chi connectivity index (χ1) is 23.4. The van der Waals surface area contributed by atoms with Gasteiger partial charge in [-0.05, 0) is 13.3 Å². The first kappa shape index (κ1) is 34.3. The minimum Gasteiger partial charge on any atom is -0.468 e. The Morgan fingerprint density at radius 1 is 0.880 bits per heavy atom. The zero-order valence-electron chi connectivity index (χ0n) is 28.5. The topological polar surface area (TPSA) is 232 Å². The Morgan fingerprint density at radius 3 is 2.22 bits per heavy atom. The van der Waals surface area contributed by atoms with E-state index in [1.54, 1.807) is 13.8 Å². The number of hydrogen-bond acceptors (Lipinski definition) is 17. The minimum atomic E-state index is -2.88. The van der Waals surface area contributed by atoms with E-state index in [-0.39, 0.29) is 19.4 Å². The lowest BCUT2D eigenvalue weighted by molar-refractivity contribution is -0.316. The Bertz CT molecular complexity index is 1580. The van der Waals surface area contributed by atoms with E-state index in [0.29, 0.717) is 0 Å². The van der Waals surface area contributed by atoms with E-state index in [1.807, 2.05) is 0 Å². The van der Waals surface area contributed by atoms with Crippen molar-refractivity contribution in [2.45, 2.75) is 106 Å². The summed E-state index contributed by atoms with van der Waals surface area (Å²) in [4.78, 5) is 66.0. The monoisotopic (exact) mass is 710 g/mol. The first-order valence-electron chi connectivity index (χ1n) is 16.8. The first-order valence-corrected chi connectivity index (χ1v) is 16.8. The Morgan fingerprint density at radius 2 is 1.58 bits per heavy atom. The van der Waals surface area contributed by atoms with Crippen LogP contribution in [0.15, 0.2) is 0 Å². The molecule has 276 valence electrons. The standard InChI is InChI=1S/C33H42O17/c1-13(34)22(37)48-16-10-17(47-14(2)35)30(24(38)42-5)11-45-19-20(30)29(16)12-46-32(41,25(39)43-6)23(29)27(3,21(19)36)33-18-9-15(28(33,4)50-33)31(40)7-8-44-26(31)49-18/h15-21,23,26,36,40-41H,7-12H2,1-6H3. The SMILES string of the molecule is COC(=O)C1(O)OCC23C(OC(=O)C(C)=O)CC(OC(C)=O)C4(C(=O)OC)COC(C42)C(O)C(C)(C24OC2(C)C2CC4OC4OCCC42O)C13. The number of fused-ring (bicyclic) bond motifs is 7. The summed E-state index contributed by atoms with van der Waals surface area (Å²) in [7, 11) is 2.16. The normalized spacial score (nSPS) is 54.8. The number of aliphatic hydroxyl groups is 3. The van der Waals surface area contributed by atoms with Crippen molar-refractivity contribution in [3.63, 3.8) is 0 Å².